The van der Waals surface area contributed by atoms with Crippen LogP contribution in [-0.4, -0.2) is 104 Å². The number of methoxy groups -OCH3 is 1. The lowest BCUT2D eigenvalue weighted by atomic mass is 9.96. The number of hydrogen-bond acceptors (Lipinski definition) is 7. The van der Waals surface area contributed by atoms with Crippen LogP contribution in [0.3, 0.4) is 0 Å². The van der Waals surface area contributed by atoms with Gasteiger partial charge in [0.05, 0.1) is 13.2 Å². The van der Waals surface area contributed by atoms with Gasteiger partial charge in [0.2, 0.25) is 17.7 Å². The van der Waals surface area contributed by atoms with Gasteiger partial charge in [-0.3, -0.25) is 19.2 Å². The Kier molecular flexibility index (Phi) is 11.5. The van der Waals surface area contributed by atoms with Gasteiger partial charge in [0, 0.05) is 39.8 Å². The van der Waals surface area contributed by atoms with Crippen LogP contribution in [0, 0.1) is 11.8 Å². The monoisotopic (exact) mass is 546 g/mol. The molecular formula is C28H42N4O7. The minimum absolute atomic E-state index is 0.0974. The molecule has 2 bridgehead atoms. The predicted molar refractivity (Wildman–Crippen MR) is 144 cm³/mol. The number of carbonyl (C=O) groups excluding carboxylic acids is 4. The number of hydrogen-bond donors (Lipinski definition) is 3. The Morgan fingerprint density at radius 2 is 1.79 bits per heavy atom. The number of amides is 4. The average Bonchev–Trinajstić information content (AvgIpc) is 2.92. The molecular weight excluding hydrogens is 504 g/mol. The van der Waals surface area contributed by atoms with Crippen molar-refractivity contribution in [2.45, 2.75) is 51.6 Å². The van der Waals surface area contributed by atoms with Gasteiger partial charge in [0.25, 0.3) is 5.91 Å². The second kappa shape index (κ2) is 14.8. The molecule has 216 valence electrons. The zero-order valence-electron chi connectivity index (χ0n) is 23.2. The fourth-order valence-electron chi connectivity index (χ4n) is 4.89. The number of rotatable bonds is 7. The van der Waals surface area contributed by atoms with Crippen molar-refractivity contribution in [1.29, 1.82) is 0 Å². The summed E-state index contributed by atoms with van der Waals surface area (Å²) in [7, 11) is 1.51. The van der Waals surface area contributed by atoms with E-state index in [1.54, 1.807) is 29.2 Å². The highest BCUT2D eigenvalue weighted by Crippen LogP contribution is 2.19. The third-order valence-corrected chi connectivity index (χ3v) is 7.10. The Balaban J connectivity index is 1.88. The molecule has 3 aliphatic rings. The van der Waals surface area contributed by atoms with Crippen molar-refractivity contribution < 1.29 is 33.8 Å². The molecule has 0 aliphatic carbocycles. The standard InChI is InChI=1S/C28H42N4O7/c1-19(2)14-23-28(37)32(12-13-38-3)16-25(34)29-24(27(36)31-10-8-21(17-33)9-11-31)15-20-4-6-22(7-5-20)39-18-26(35)30-23/h4-7,19,21,23-24,33H,8-18H2,1-3H3,(H,29,34)(H,30,35)/t23-,24-/m0/s1. The van der Waals surface area contributed by atoms with Gasteiger partial charge in [-0.15, -0.1) is 0 Å². The SMILES string of the molecule is COCCN1CC(=O)N[C@H](C(=O)N2CCC(CO)CC2)Cc2ccc(cc2)OCC(=O)N[C@@H](CC(C)C)C1=O. The third-order valence-electron chi connectivity index (χ3n) is 7.10. The summed E-state index contributed by atoms with van der Waals surface area (Å²) in [6.45, 7) is 4.83. The summed E-state index contributed by atoms with van der Waals surface area (Å²) in [4.78, 5) is 56.1. The Morgan fingerprint density at radius 1 is 1.10 bits per heavy atom. The second-order valence-corrected chi connectivity index (χ2v) is 10.7. The molecule has 39 heavy (non-hydrogen) atoms. The lowest BCUT2D eigenvalue weighted by Crippen LogP contribution is -2.56. The zero-order valence-corrected chi connectivity index (χ0v) is 23.2. The maximum absolute atomic E-state index is 13.5. The molecule has 3 aliphatic heterocycles. The highest BCUT2D eigenvalue weighted by molar-refractivity contribution is 5.93. The molecule has 11 heteroatoms. The van der Waals surface area contributed by atoms with Crippen LogP contribution in [0.1, 0.15) is 38.7 Å². The first-order chi connectivity index (χ1) is 18.7. The lowest BCUT2D eigenvalue weighted by Gasteiger charge is -2.34. The molecule has 0 spiro atoms. The van der Waals surface area contributed by atoms with E-state index in [1.807, 2.05) is 13.8 Å². The predicted octanol–water partition coefficient (Wildman–Crippen LogP) is 0.343. The van der Waals surface area contributed by atoms with E-state index in [9.17, 15) is 24.3 Å². The van der Waals surface area contributed by atoms with Gasteiger partial charge in [-0.2, -0.15) is 0 Å². The highest BCUT2D eigenvalue weighted by Gasteiger charge is 2.32. The van der Waals surface area contributed by atoms with Crippen molar-refractivity contribution in [3.63, 3.8) is 0 Å². The molecule has 0 radical (unpaired) electrons. The largest absolute Gasteiger partial charge is 0.484 e. The maximum atomic E-state index is 13.5. The molecule has 2 atom stereocenters. The molecule has 0 unspecified atom stereocenters. The van der Waals surface area contributed by atoms with E-state index >= 15 is 0 Å². The first-order valence-electron chi connectivity index (χ1n) is 13.7. The van der Waals surface area contributed by atoms with E-state index in [0.29, 0.717) is 38.1 Å². The van der Waals surface area contributed by atoms with Crippen LogP contribution in [-0.2, 0) is 30.3 Å². The smallest absolute Gasteiger partial charge is 0.258 e. The first-order valence-corrected chi connectivity index (χ1v) is 13.7. The van der Waals surface area contributed by atoms with Gasteiger partial charge in [-0.1, -0.05) is 26.0 Å². The molecule has 0 saturated carbocycles. The number of benzene rings is 1. The van der Waals surface area contributed by atoms with E-state index in [1.165, 1.54) is 12.0 Å². The summed E-state index contributed by atoms with van der Waals surface area (Å²) < 4.78 is 10.8. The Morgan fingerprint density at radius 3 is 2.41 bits per heavy atom. The summed E-state index contributed by atoms with van der Waals surface area (Å²) in [5, 5.41) is 15.1. The summed E-state index contributed by atoms with van der Waals surface area (Å²) in [6, 6.07) is 5.38. The fourth-order valence-corrected chi connectivity index (χ4v) is 4.89. The Labute approximate surface area is 230 Å². The first kappa shape index (κ1) is 30.4. The average molecular weight is 547 g/mol. The van der Waals surface area contributed by atoms with E-state index in [-0.39, 0.29) is 57.1 Å². The van der Waals surface area contributed by atoms with Gasteiger partial charge >= 0.3 is 0 Å². The van der Waals surface area contributed by atoms with Gasteiger partial charge in [0.15, 0.2) is 6.61 Å². The van der Waals surface area contributed by atoms with Crippen molar-refractivity contribution in [1.82, 2.24) is 20.4 Å². The number of nitrogens with one attached hydrogen (secondary N) is 2. The number of aliphatic hydroxyl groups excluding tert-OH is 1. The van der Waals surface area contributed by atoms with Crippen LogP contribution in [0.2, 0.25) is 0 Å². The lowest BCUT2D eigenvalue weighted by molar-refractivity contribution is -0.142. The van der Waals surface area contributed by atoms with Crippen LogP contribution in [0.15, 0.2) is 24.3 Å². The van der Waals surface area contributed by atoms with Crippen LogP contribution >= 0.6 is 0 Å². The molecule has 1 fully saturated rings. The number of aliphatic hydroxyl groups is 1. The normalized spacial score (nSPS) is 22.0. The van der Waals surface area contributed by atoms with E-state index in [2.05, 4.69) is 10.6 Å². The molecule has 4 rings (SSSR count). The molecule has 4 amide bonds. The number of ether oxygens (including phenoxy) is 2. The van der Waals surface area contributed by atoms with Gasteiger partial charge < -0.3 is 35.0 Å². The fraction of sp³-hybridized carbons (Fsp3) is 0.643. The molecule has 1 saturated heterocycles. The summed E-state index contributed by atoms with van der Waals surface area (Å²) >= 11 is 0. The number of likely N-dealkylation sites (tertiary alicyclic amines) is 1. The Hall–Kier alpha value is -3.18. The Bertz CT molecular complexity index is 977. The van der Waals surface area contributed by atoms with Crippen molar-refractivity contribution in [3.8, 4) is 5.75 Å². The molecule has 11 nitrogen and oxygen atoms in total. The molecule has 1 aromatic carbocycles. The third kappa shape index (κ3) is 9.21. The van der Waals surface area contributed by atoms with Crippen LogP contribution in [0.4, 0.5) is 0 Å². The quantitative estimate of drug-likeness (QED) is 0.420. The van der Waals surface area contributed by atoms with Crippen molar-refractivity contribution in [2.75, 3.05) is 53.1 Å². The topological polar surface area (TPSA) is 138 Å². The van der Waals surface area contributed by atoms with E-state index in [0.717, 1.165) is 5.56 Å². The minimum Gasteiger partial charge on any atom is -0.484 e. The van der Waals surface area contributed by atoms with E-state index < -0.39 is 29.8 Å². The van der Waals surface area contributed by atoms with Gasteiger partial charge in [-0.05, 0) is 48.8 Å². The van der Waals surface area contributed by atoms with Crippen molar-refractivity contribution in [3.05, 3.63) is 29.8 Å². The van der Waals surface area contributed by atoms with Gasteiger partial charge in [-0.25, -0.2) is 0 Å². The zero-order chi connectivity index (χ0) is 28.4. The van der Waals surface area contributed by atoms with Crippen molar-refractivity contribution in [2.24, 2.45) is 11.8 Å². The molecule has 3 heterocycles. The van der Waals surface area contributed by atoms with Crippen LogP contribution in [0.25, 0.3) is 0 Å². The number of piperidine rings is 1. The number of fused-ring (bicyclic) bond motifs is 13. The molecule has 3 N–H and O–H groups in total. The number of carbonyl (C=O) groups is 4. The molecule has 0 aromatic heterocycles. The second-order valence-electron chi connectivity index (χ2n) is 10.7. The van der Waals surface area contributed by atoms with Crippen LogP contribution in [0.5, 0.6) is 5.75 Å². The highest BCUT2D eigenvalue weighted by atomic mass is 16.5. The summed E-state index contributed by atoms with van der Waals surface area (Å²) in [5.41, 5.74) is 0.812. The minimum atomic E-state index is -0.841. The summed E-state index contributed by atoms with van der Waals surface area (Å²) in [6.07, 6.45) is 2.05. The van der Waals surface area contributed by atoms with Crippen LogP contribution < -0.4 is 15.4 Å². The van der Waals surface area contributed by atoms with E-state index in [4.69, 9.17) is 9.47 Å². The maximum Gasteiger partial charge on any atom is 0.258 e. The molecule has 1 aromatic rings. The van der Waals surface area contributed by atoms with Crippen molar-refractivity contribution >= 4 is 23.6 Å². The van der Waals surface area contributed by atoms with Gasteiger partial charge in [0.1, 0.15) is 17.8 Å². The summed E-state index contributed by atoms with van der Waals surface area (Å²) in [5.74, 6) is -0.732. The number of nitrogens with zero attached hydrogens (tertiary/aromatic N) is 2.